The second-order valence-corrected chi connectivity index (χ2v) is 14.8. The van der Waals surface area contributed by atoms with Crippen molar-refractivity contribution in [2.75, 3.05) is 25.1 Å². The van der Waals surface area contributed by atoms with Gasteiger partial charge in [-0.1, -0.05) is 96.8 Å². The largest absolute Gasteiger partial charge is 0.491 e. The third-order valence-corrected chi connectivity index (χ3v) is 11.5. The summed E-state index contributed by atoms with van der Waals surface area (Å²) >= 11 is 0. The normalized spacial score (nSPS) is 23.2. The Morgan fingerprint density at radius 2 is 1.58 bits per heavy atom. The van der Waals surface area contributed by atoms with E-state index in [2.05, 4.69) is 32.4 Å². The molecule has 6 atom stereocenters. The van der Waals surface area contributed by atoms with Gasteiger partial charge in [-0.25, -0.2) is 4.98 Å². The number of ether oxygens (including phenoxy) is 2. The summed E-state index contributed by atoms with van der Waals surface area (Å²) in [7, 11) is 0. The van der Waals surface area contributed by atoms with Gasteiger partial charge in [0.15, 0.2) is 0 Å². The van der Waals surface area contributed by atoms with Gasteiger partial charge in [-0.05, 0) is 64.7 Å². The van der Waals surface area contributed by atoms with E-state index in [-0.39, 0.29) is 32.8 Å². The fraction of sp³-hybridized carbons (Fsp3) is 0.234. The number of aromatic nitrogens is 2. The van der Waals surface area contributed by atoms with Gasteiger partial charge in [-0.15, -0.1) is 0 Å². The number of amides is 2. The number of nitrogens with zero attached hydrogens (tertiary/aromatic N) is 2. The number of morpholine rings is 1. The number of hydrogen-bond acceptors (Lipinski definition) is 9. The molecule has 9 rings (SSSR count). The first-order valence-electron chi connectivity index (χ1n) is 19.6. The second kappa shape index (κ2) is 15.9. The number of anilines is 1. The Labute approximate surface area is 340 Å². The summed E-state index contributed by atoms with van der Waals surface area (Å²) < 4.78 is 12.2. The minimum Gasteiger partial charge on any atom is -0.491 e. The van der Waals surface area contributed by atoms with Gasteiger partial charge in [0.05, 0.1) is 48.8 Å². The van der Waals surface area contributed by atoms with Gasteiger partial charge < -0.3 is 35.3 Å². The SMILES string of the molecule is O=C1O[C@@H](c2ccccc2)[C@@H](c2ccccc2)N2[C@@H](c3ccc(OCCO)cc3)[C@]3(C(=O)Nc4ccc(C#CCCO)cc43)[C@@H](C(=O)NCc3nc4ccccc4[nH]3)[C@H]12. The highest BCUT2D eigenvalue weighted by atomic mass is 16.6. The molecule has 2 saturated heterocycles. The molecule has 2 amide bonds. The number of fused-ring (bicyclic) bond motifs is 4. The Kier molecular flexibility index (Phi) is 10.2. The molecule has 0 bridgehead atoms. The Morgan fingerprint density at radius 1 is 0.847 bits per heavy atom. The van der Waals surface area contributed by atoms with Crippen LogP contribution in [-0.4, -0.2) is 68.7 Å². The van der Waals surface area contributed by atoms with Crippen LogP contribution in [-0.2, 0) is 31.1 Å². The molecule has 12 heteroatoms. The Bertz CT molecular complexity index is 2550. The lowest BCUT2D eigenvalue weighted by molar-refractivity contribution is -0.178. The molecular formula is C47H41N5O7. The molecule has 1 aromatic heterocycles. The van der Waals surface area contributed by atoms with Gasteiger partial charge in [-0.2, -0.15) is 0 Å². The molecule has 4 heterocycles. The zero-order valence-corrected chi connectivity index (χ0v) is 31.9. The zero-order valence-electron chi connectivity index (χ0n) is 31.9. The number of rotatable bonds is 10. The molecule has 1 spiro atoms. The standard InChI is InChI=1S/C47H41N5O7/c53-24-10-9-11-29-18-23-35-34(27-29)47(46(57)51-35)39(44(55)48-28-38-49-36-16-7-8-17-37(36)50-38)41-45(56)59-42(31-14-5-2-6-15-31)40(30-12-3-1-4-13-30)52(41)43(47)32-19-21-33(22-20-32)58-26-25-54/h1-8,12-23,27,39-43,53-54H,10,24-26,28H2,(H,48,55)(H,49,50)(H,51,57)/t39-,40-,41-,42+,43+,47-/m1/s1. The minimum atomic E-state index is -1.71. The molecule has 2 fully saturated rings. The van der Waals surface area contributed by atoms with Crippen molar-refractivity contribution in [3.8, 4) is 17.6 Å². The molecule has 59 heavy (non-hydrogen) atoms. The van der Waals surface area contributed by atoms with Crippen LogP contribution in [0.3, 0.4) is 0 Å². The number of aliphatic hydroxyl groups excluding tert-OH is 2. The number of hydrogen-bond donors (Lipinski definition) is 5. The summed E-state index contributed by atoms with van der Waals surface area (Å²) in [4.78, 5) is 55.6. The van der Waals surface area contributed by atoms with E-state index < -0.39 is 53.3 Å². The van der Waals surface area contributed by atoms with Crippen molar-refractivity contribution in [2.45, 2.75) is 42.6 Å². The quantitative estimate of drug-likeness (QED) is 0.0921. The number of nitrogens with one attached hydrogen (secondary N) is 3. The first kappa shape index (κ1) is 37.8. The average Bonchev–Trinajstić information content (AvgIpc) is 3.93. The monoisotopic (exact) mass is 787 g/mol. The molecule has 296 valence electrons. The number of carbonyl (C=O) groups excluding carboxylic acids is 3. The van der Waals surface area contributed by atoms with Crippen LogP contribution in [0.2, 0.25) is 0 Å². The average molecular weight is 788 g/mol. The molecule has 6 aromatic rings. The summed E-state index contributed by atoms with van der Waals surface area (Å²) in [6.45, 7) is -0.196. The number of carbonyl (C=O) groups is 3. The number of esters is 1. The highest BCUT2D eigenvalue weighted by Crippen LogP contribution is 2.64. The van der Waals surface area contributed by atoms with Crippen LogP contribution >= 0.6 is 0 Å². The molecule has 0 aliphatic carbocycles. The van der Waals surface area contributed by atoms with Crippen molar-refractivity contribution in [1.82, 2.24) is 20.2 Å². The van der Waals surface area contributed by atoms with E-state index in [1.807, 2.05) is 108 Å². The predicted octanol–water partition coefficient (Wildman–Crippen LogP) is 5.26. The van der Waals surface area contributed by atoms with Gasteiger partial charge in [0.25, 0.3) is 0 Å². The van der Waals surface area contributed by atoms with Crippen molar-refractivity contribution in [3.05, 3.63) is 161 Å². The predicted molar refractivity (Wildman–Crippen MR) is 219 cm³/mol. The molecule has 5 N–H and O–H groups in total. The molecule has 0 saturated carbocycles. The summed E-state index contributed by atoms with van der Waals surface area (Å²) in [5.74, 6) is 4.16. The van der Waals surface area contributed by atoms with Crippen molar-refractivity contribution < 1.29 is 34.1 Å². The molecule has 0 radical (unpaired) electrons. The highest BCUT2D eigenvalue weighted by molar-refractivity contribution is 6.12. The fourth-order valence-corrected chi connectivity index (χ4v) is 9.17. The van der Waals surface area contributed by atoms with E-state index in [0.717, 1.165) is 22.2 Å². The molecular weight excluding hydrogens is 747 g/mol. The van der Waals surface area contributed by atoms with Crippen LogP contribution in [0.15, 0.2) is 127 Å². The maximum atomic E-state index is 15.4. The summed E-state index contributed by atoms with van der Waals surface area (Å²) in [6, 6.07) is 36.5. The lowest BCUT2D eigenvalue weighted by Gasteiger charge is -2.46. The summed E-state index contributed by atoms with van der Waals surface area (Å²) in [6.07, 6.45) is -0.563. The number of benzene rings is 5. The molecule has 0 unspecified atom stereocenters. The van der Waals surface area contributed by atoms with Crippen LogP contribution in [0, 0.1) is 17.8 Å². The zero-order chi connectivity index (χ0) is 40.5. The van der Waals surface area contributed by atoms with Crippen molar-refractivity contribution >= 4 is 34.5 Å². The van der Waals surface area contributed by atoms with Crippen LogP contribution in [0.4, 0.5) is 5.69 Å². The van der Waals surface area contributed by atoms with Crippen LogP contribution in [0.25, 0.3) is 11.0 Å². The Hall–Kier alpha value is -6.78. The molecule has 12 nitrogen and oxygen atoms in total. The van der Waals surface area contributed by atoms with E-state index in [0.29, 0.717) is 34.0 Å². The number of cyclic esters (lactones) is 1. The number of para-hydroxylation sites is 2. The Morgan fingerprint density at radius 3 is 2.31 bits per heavy atom. The van der Waals surface area contributed by atoms with Crippen molar-refractivity contribution in [3.63, 3.8) is 0 Å². The van der Waals surface area contributed by atoms with Crippen LogP contribution in [0.1, 0.15) is 58.3 Å². The van der Waals surface area contributed by atoms with Gasteiger partial charge >= 0.3 is 5.97 Å². The Balaban J connectivity index is 1.28. The molecule has 3 aliphatic heterocycles. The summed E-state index contributed by atoms with van der Waals surface area (Å²) in [5.41, 5.74) is 3.65. The third-order valence-electron chi connectivity index (χ3n) is 11.5. The number of aliphatic hydroxyl groups is 2. The second-order valence-electron chi connectivity index (χ2n) is 14.8. The van der Waals surface area contributed by atoms with Gasteiger partial charge in [0.1, 0.15) is 35.7 Å². The molecule has 5 aromatic carbocycles. The highest BCUT2D eigenvalue weighted by Gasteiger charge is 2.74. The lowest BCUT2D eigenvalue weighted by Crippen LogP contribution is -2.54. The number of H-pyrrole nitrogens is 1. The van der Waals surface area contributed by atoms with E-state index in [1.54, 1.807) is 24.3 Å². The van der Waals surface area contributed by atoms with Gasteiger partial charge in [0.2, 0.25) is 11.8 Å². The number of imidazole rings is 1. The van der Waals surface area contributed by atoms with Crippen LogP contribution in [0.5, 0.6) is 5.75 Å². The van der Waals surface area contributed by atoms with E-state index in [9.17, 15) is 10.2 Å². The number of aromatic amines is 1. The lowest BCUT2D eigenvalue weighted by atomic mass is 9.65. The van der Waals surface area contributed by atoms with Gasteiger partial charge in [0, 0.05) is 17.7 Å². The minimum absolute atomic E-state index is 0.000669. The van der Waals surface area contributed by atoms with Crippen LogP contribution < -0.4 is 15.4 Å². The maximum Gasteiger partial charge on any atom is 0.324 e. The van der Waals surface area contributed by atoms with E-state index in [1.165, 1.54) is 0 Å². The smallest absolute Gasteiger partial charge is 0.324 e. The first-order valence-corrected chi connectivity index (χ1v) is 19.6. The molecule has 3 aliphatic rings. The van der Waals surface area contributed by atoms with Gasteiger partial charge in [-0.3, -0.25) is 19.3 Å². The van der Waals surface area contributed by atoms with E-state index >= 15 is 14.4 Å². The van der Waals surface area contributed by atoms with E-state index in [4.69, 9.17) is 9.47 Å². The maximum absolute atomic E-state index is 15.4. The first-order chi connectivity index (χ1) is 28.9. The van der Waals surface area contributed by atoms with Crippen molar-refractivity contribution in [2.24, 2.45) is 5.92 Å². The fourth-order valence-electron chi connectivity index (χ4n) is 9.17. The van der Waals surface area contributed by atoms with Crippen molar-refractivity contribution in [1.29, 1.82) is 0 Å². The summed E-state index contributed by atoms with van der Waals surface area (Å²) in [5, 5.41) is 25.1. The third kappa shape index (κ3) is 6.59. The topological polar surface area (TPSA) is 166 Å².